The quantitative estimate of drug-likeness (QED) is 0.175. The van der Waals surface area contributed by atoms with Gasteiger partial charge in [0.1, 0.15) is 0 Å². The Morgan fingerprint density at radius 3 is 1.64 bits per heavy atom. The predicted molar refractivity (Wildman–Crippen MR) is 200 cm³/mol. The molecule has 0 N–H and O–H groups in total. The monoisotopic (exact) mass is 646 g/mol. The highest BCUT2D eigenvalue weighted by molar-refractivity contribution is 6.35. The molecule has 1 aliphatic heterocycles. The van der Waals surface area contributed by atoms with Crippen molar-refractivity contribution in [2.75, 3.05) is 4.90 Å². The molecule has 0 saturated carbocycles. The highest BCUT2D eigenvalue weighted by Gasteiger charge is 2.39. The number of carbonyl (C=O) groups excluding carboxylic acids is 2. The van der Waals surface area contributed by atoms with Crippen LogP contribution in [0.3, 0.4) is 0 Å². The zero-order valence-electron chi connectivity index (χ0n) is 27.5. The summed E-state index contributed by atoms with van der Waals surface area (Å²) >= 11 is 0. The maximum absolute atomic E-state index is 14.5. The number of imide groups is 1. The van der Waals surface area contributed by atoms with Crippen molar-refractivity contribution in [3.8, 4) is 39.1 Å². The smallest absolute Gasteiger partial charge is 0.268 e. The second-order valence-corrected chi connectivity index (χ2v) is 12.7. The van der Waals surface area contributed by atoms with Crippen LogP contribution in [0.1, 0.15) is 31.8 Å². The van der Waals surface area contributed by atoms with E-state index in [4.69, 9.17) is 0 Å². The molecule has 0 saturated heterocycles. The third-order valence-electron chi connectivity index (χ3n) is 9.80. The summed E-state index contributed by atoms with van der Waals surface area (Å²) < 4.78 is 2.15. The Morgan fingerprint density at radius 1 is 0.500 bits per heavy atom. The van der Waals surface area contributed by atoms with Crippen LogP contribution in [0.15, 0.2) is 146 Å². The number of amides is 2. The Bertz CT molecular complexity index is 2550. The van der Waals surface area contributed by atoms with Gasteiger partial charge in [0.15, 0.2) is 0 Å². The van der Waals surface area contributed by atoms with Gasteiger partial charge in [-0.25, -0.2) is 4.90 Å². The Balaban J connectivity index is 1.25. The van der Waals surface area contributed by atoms with Crippen molar-refractivity contribution in [1.82, 2.24) is 14.5 Å². The molecular formula is C44H30N4O2. The molecule has 0 spiro atoms. The maximum Gasteiger partial charge on any atom is 0.268 e. The SMILES string of the molecule is Cc1cnccc1-c1ccc2c3ccc(-c4ccncc4C)cc3n(-c3cccc4c3C(=O)N(c3ccc(-c5ccccc5)cc3)C4=O)c2c1. The number of fused-ring (bicyclic) bond motifs is 4. The molecule has 238 valence electrons. The minimum absolute atomic E-state index is 0.332. The summed E-state index contributed by atoms with van der Waals surface area (Å²) in [6.45, 7) is 4.11. The number of nitrogens with zero attached hydrogens (tertiary/aromatic N) is 4. The molecule has 4 heterocycles. The number of aryl methyl sites for hydroxylation is 2. The first-order valence-electron chi connectivity index (χ1n) is 16.6. The standard InChI is InChI=1S/C44H30N4O2/c1-27-25-45-21-19-34(27)31-13-17-36-37-18-14-32(35-20-22-46-26-28(35)2)24-41(37)48(40(36)23-31)39-10-6-9-38-42(39)44(50)47(43(38)49)33-15-11-30(12-16-33)29-7-4-3-5-8-29/h3-26H,1-2H3. The average molecular weight is 647 g/mol. The summed E-state index contributed by atoms with van der Waals surface area (Å²) in [6.07, 6.45) is 7.35. The number of hydrogen-bond donors (Lipinski definition) is 0. The van der Waals surface area contributed by atoms with Gasteiger partial charge >= 0.3 is 0 Å². The fourth-order valence-corrected chi connectivity index (χ4v) is 7.33. The van der Waals surface area contributed by atoms with E-state index in [0.717, 1.165) is 66.3 Å². The predicted octanol–water partition coefficient (Wildman–Crippen LogP) is 9.99. The second kappa shape index (κ2) is 11.5. The Hall–Kier alpha value is -6.66. The lowest BCUT2D eigenvalue weighted by molar-refractivity contribution is 0.0926. The maximum atomic E-state index is 14.5. The van der Waals surface area contributed by atoms with Crippen molar-refractivity contribution in [2.45, 2.75) is 13.8 Å². The van der Waals surface area contributed by atoms with E-state index in [9.17, 15) is 9.59 Å². The van der Waals surface area contributed by atoms with Crippen LogP contribution >= 0.6 is 0 Å². The van der Waals surface area contributed by atoms with Gasteiger partial charge in [0.2, 0.25) is 0 Å². The topological polar surface area (TPSA) is 68.1 Å². The first-order chi connectivity index (χ1) is 24.5. The molecule has 0 unspecified atom stereocenters. The van der Waals surface area contributed by atoms with Crippen molar-refractivity contribution < 1.29 is 9.59 Å². The molecule has 6 heteroatoms. The fourth-order valence-electron chi connectivity index (χ4n) is 7.33. The van der Waals surface area contributed by atoms with Gasteiger partial charge in [-0.1, -0.05) is 72.8 Å². The summed E-state index contributed by atoms with van der Waals surface area (Å²) in [7, 11) is 0. The molecule has 2 amide bonds. The van der Waals surface area contributed by atoms with E-state index in [1.54, 1.807) is 18.5 Å². The van der Waals surface area contributed by atoms with Crippen LogP contribution < -0.4 is 4.90 Å². The van der Waals surface area contributed by atoms with Gasteiger partial charge in [-0.05, 0) is 107 Å². The van der Waals surface area contributed by atoms with Crippen molar-refractivity contribution in [1.29, 1.82) is 0 Å². The van der Waals surface area contributed by atoms with E-state index in [1.807, 2.05) is 91.3 Å². The molecule has 1 aliphatic rings. The third kappa shape index (κ3) is 4.57. The van der Waals surface area contributed by atoms with Crippen molar-refractivity contribution >= 4 is 39.3 Å². The highest BCUT2D eigenvalue weighted by atomic mass is 16.2. The van der Waals surface area contributed by atoms with Crippen molar-refractivity contribution in [2.24, 2.45) is 0 Å². The highest BCUT2D eigenvalue weighted by Crippen LogP contribution is 2.41. The second-order valence-electron chi connectivity index (χ2n) is 12.7. The number of rotatable bonds is 5. The summed E-state index contributed by atoms with van der Waals surface area (Å²) in [4.78, 5) is 38.4. The van der Waals surface area contributed by atoms with Gasteiger partial charge in [-0.3, -0.25) is 19.6 Å². The van der Waals surface area contributed by atoms with Gasteiger partial charge in [-0.2, -0.15) is 0 Å². The molecular weight excluding hydrogens is 617 g/mol. The molecule has 0 radical (unpaired) electrons. The van der Waals surface area contributed by atoms with Crippen LogP contribution in [0.5, 0.6) is 0 Å². The molecule has 5 aromatic carbocycles. The van der Waals surface area contributed by atoms with Crippen LogP contribution in [0.2, 0.25) is 0 Å². The Labute approximate surface area is 288 Å². The molecule has 9 rings (SSSR count). The number of anilines is 1. The molecule has 3 aromatic heterocycles. The van der Waals surface area contributed by atoms with E-state index >= 15 is 0 Å². The minimum atomic E-state index is -0.342. The lowest BCUT2D eigenvalue weighted by atomic mass is 9.99. The molecule has 0 aliphatic carbocycles. The first kappa shape index (κ1) is 29.5. The number of carbonyl (C=O) groups is 2. The average Bonchev–Trinajstić information content (AvgIpc) is 3.61. The van der Waals surface area contributed by atoms with Crippen molar-refractivity contribution in [3.05, 3.63) is 168 Å². The summed E-state index contributed by atoms with van der Waals surface area (Å²) in [5.74, 6) is -0.674. The van der Waals surface area contributed by atoms with Gasteiger partial charge in [0.25, 0.3) is 11.8 Å². The van der Waals surface area contributed by atoms with Gasteiger partial charge < -0.3 is 4.57 Å². The number of benzene rings is 5. The Morgan fingerprint density at radius 2 is 1.06 bits per heavy atom. The third-order valence-corrected chi connectivity index (χ3v) is 9.80. The largest absolute Gasteiger partial charge is 0.308 e. The fraction of sp³-hybridized carbons (Fsp3) is 0.0455. The summed E-state index contributed by atoms with van der Waals surface area (Å²) in [6, 6.07) is 40.2. The molecule has 0 bridgehead atoms. The zero-order chi connectivity index (χ0) is 33.9. The number of pyridine rings is 2. The van der Waals surface area contributed by atoms with Crippen LogP contribution in [0.25, 0.3) is 60.9 Å². The zero-order valence-corrected chi connectivity index (χ0v) is 27.5. The van der Waals surface area contributed by atoms with Gasteiger partial charge in [0.05, 0.1) is 33.5 Å². The lowest BCUT2D eigenvalue weighted by Gasteiger charge is -2.16. The van der Waals surface area contributed by atoms with E-state index in [-0.39, 0.29) is 11.8 Å². The number of aromatic nitrogens is 3. The van der Waals surface area contributed by atoms with E-state index in [2.05, 4.69) is 64.8 Å². The molecule has 50 heavy (non-hydrogen) atoms. The van der Waals surface area contributed by atoms with E-state index in [0.29, 0.717) is 22.5 Å². The normalized spacial score (nSPS) is 12.6. The molecule has 0 atom stereocenters. The van der Waals surface area contributed by atoms with Gasteiger partial charge in [0, 0.05) is 35.6 Å². The lowest BCUT2D eigenvalue weighted by Crippen LogP contribution is -2.29. The van der Waals surface area contributed by atoms with Gasteiger partial charge in [-0.15, -0.1) is 0 Å². The molecule has 8 aromatic rings. The van der Waals surface area contributed by atoms with E-state index in [1.165, 1.54) is 4.90 Å². The minimum Gasteiger partial charge on any atom is -0.308 e. The number of hydrogen-bond acceptors (Lipinski definition) is 4. The Kier molecular flexibility index (Phi) is 6.78. The van der Waals surface area contributed by atoms with Crippen LogP contribution in [0, 0.1) is 13.8 Å². The van der Waals surface area contributed by atoms with Crippen LogP contribution in [0.4, 0.5) is 5.69 Å². The summed E-state index contributed by atoms with van der Waals surface area (Å²) in [5.41, 5.74) is 12.3. The van der Waals surface area contributed by atoms with E-state index < -0.39 is 0 Å². The van der Waals surface area contributed by atoms with Crippen LogP contribution in [-0.4, -0.2) is 26.3 Å². The molecule has 0 fully saturated rings. The molecule has 6 nitrogen and oxygen atoms in total. The first-order valence-corrected chi connectivity index (χ1v) is 16.6. The van der Waals surface area contributed by atoms with Crippen molar-refractivity contribution in [3.63, 3.8) is 0 Å². The summed E-state index contributed by atoms with van der Waals surface area (Å²) in [5, 5.41) is 2.10. The van der Waals surface area contributed by atoms with Crippen LogP contribution in [-0.2, 0) is 0 Å².